The first kappa shape index (κ1) is 21.6. The smallest absolute Gasteiger partial charge is 0.276 e. The summed E-state index contributed by atoms with van der Waals surface area (Å²) >= 11 is 0. The molecule has 0 radical (unpaired) electrons. The highest BCUT2D eigenvalue weighted by Crippen LogP contribution is 2.30. The van der Waals surface area contributed by atoms with Crippen molar-refractivity contribution in [2.45, 2.75) is 45.0 Å². The number of halogens is 2. The maximum atomic E-state index is 13.9. The van der Waals surface area contributed by atoms with E-state index in [0.717, 1.165) is 12.1 Å². The zero-order valence-corrected chi connectivity index (χ0v) is 17.9. The standard InChI is InChI=1S/C21H21F2N2O5P/c1-11-6-7-29-17-10-24-9-14(19(27)20(30-31)18(24)21(28)25(11)17)16(26)5-3-12-2-4-13(22)8-15(12)23/h2,4,8-9,11,17H,3,5-7,10,31H2,1H3/t11-,17?/m1/s1. The molecule has 3 heterocycles. The summed E-state index contributed by atoms with van der Waals surface area (Å²) in [6.07, 6.45) is 1.36. The van der Waals surface area contributed by atoms with E-state index in [9.17, 15) is 23.2 Å². The number of ketones is 1. The quantitative estimate of drug-likeness (QED) is 0.517. The Morgan fingerprint density at radius 1 is 1.32 bits per heavy atom. The van der Waals surface area contributed by atoms with Gasteiger partial charge in [-0.1, -0.05) is 6.07 Å². The molecule has 7 nitrogen and oxygen atoms in total. The number of benzene rings is 1. The van der Waals surface area contributed by atoms with Gasteiger partial charge in [-0.3, -0.25) is 14.4 Å². The highest BCUT2D eigenvalue weighted by atomic mass is 31.0. The monoisotopic (exact) mass is 450 g/mol. The van der Waals surface area contributed by atoms with Crippen molar-refractivity contribution in [3.63, 3.8) is 0 Å². The number of aromatic nitrogens is 1. The number of carbonyl (C=O) groups excluding carboxylic acids is 2. The van der Waals surface area contributed by atoms with Crippen molar-refractivity contribution < 1.29 is 27.6 Å². The minimum atomic E-state index is -0.752. The minimum Gasteiger partial charge on any atom is -0.474 e. The average molecular weight is 450 g/mol. The fraction of sp³-hybridized carbons (Fsp3) is 0.381. The minimum absolute atomic E-state index is 0.000831. The first-order valence-corrected chi connectivity index (χ1v) is 10.3. The van der Waals surface area contributed by atoms with E-state index in [0.29, 0.717) is 13.0 Å². The highest BCUT2D eigenvalue weighted by Gasteiger charge is 2.41. The van der Waals surface area contributed by atoms with Crippen LogP contribution in [0.2, 0.25) is 0 Å². The van der Waals surface area contributed by atoms with E-state index in [2.05, 4.69) is 0 Å². The second kappa shape index (κ2) is 8.48. The number of amides is 1. The molecular weight excluding hydrogens is 429 g/mol. The summed E-state index contributed by atoms with van der Waals surface area (Å²) in [7, 11) is 1.94. The van der Waals surface area contributed by atoms with Crippen LogP contribution in [0.1, 0.15) is 46.2 Å². The number of pyridine rings is 1. The second-order valence-corrected chi connectivity index (χ2v) is 7.89. The molecule has 0 bridgehead atoms. The molecule has 1 saturated heterocycles. The van der Waals surface area contributed by atoms with Crippen LogP contribution in [0.25, 0.3) is 0 Å². The van der Waals surface area contributed by atoms with Crippen molar-refractivity contribution in [1.82, 2.24) is 9.47 Å². The summed E-state index contributed by atoms with van der Waals surface area (Å²) in [5, 5.41) is 0. The molecule has 0 N–H and O–H groups in total. The molecule has 1 amide bonds. The molecular formula is C21H21F2N2O5P. The Labute approximate surface area is 179 Å². The molecule has 1 aromatic carbocycles. The van der Waals surface area contributed by atoms with Gasteiger partial charge in [0.2, 0.25) is 5.43 Å². The van der Waals surface area contributed by atoms with Crippen LogP contribution in [0, 0.1) is 11.6 Å². The molecule has 0 saturated carbocycles. The van der Waals surface area contributed by atoms with Crippen LogP contribution in [0.4, 0.5) is 8.78 Å². The second-order valence-electron chi connectivity index (χ2n) is 7.65. The van der Waals surface area contributed by atoms with Crippen molar-refractivity contribution in [2.75, 3.05) is 6.61 Å². The number of rotatable bonds is 5. The summed E-state index contributed by atoms with van der Waals surface area (Å²) in [4.78, 5) is 40.4. The number of carbonyl (C=O) groups is 2. The zero-order chi connectivity index (χ0) is 22.3. The largest absolute Gasteiger partial charge is 0.474 e. The molecule has 3 atom stereocenters. The molecule has 2 aliphatic heterocycles. The Balaban J connectivity index is 1.66. The lowest BCUT2D eigenvalue weighted by atomic mass is 10.0. The highest BCUT2D eigenvalue weighted by molar-refractivity contribution is 7.10. The molecule has 2 aromatic rings. The number of nitrogens with zero attached hydrogens (tertiary/aromatic N) is 2. The number of hydrogen-bond donors (Lipinski definition) is 0. The number of aryl methyl sites for hydroxylation is 1. The maximum absolute atomic E-state index is 13.9. The van der Waals surface area contributed by atoms with Crippen LogP contribution in [0.5, 0.6) is 5.75 Å². The molecule has 1 fully saturated rings. The Hall–Kier alpha value is -2.64. The van der Waals surface area contributed by atoms with E-state index < -0.39 is 35.0 Å². The number of fused-ring (bicyclic) bond motifs is 2. The topological polar surface area (TPSA) is 77.8 Å². The van der Waals surface area contributed by atoms with E-state index in [4.69, 9.17) is 9.26 Å². The molecule has 164 valence electrons. The van der Waals surface area contributed by atoms with Crippen molar-refractivity contribution in [2.24, 2.45) is 0 Å². The Morgan fingerprint density at radius 2 is 2.10 bits per heavy atom. The van der Waals surface area contributed by atoms with Gasteiger partial charge in [0.15, 0.2) is 23.5 Å². The zero-order valence-electron chi connectivity index (χ0n) is 16.8. The Morgan fingerprint density at radius 3 is 2.81 bits per heavy atom. The number of Topliss-reactive ketones (excluding diaryl/α,β-unsaturated/α-hetero) is 1. The molecule has 0 spiro atoms. The van der Waals surface area contributed by atoms with Crippen LogP contribution in [-0.4, -0.2) is 40.0 Å². The van der Waals surface area contributed by atoms with Crippen molar-refractivity contribution >= 4 is 21.2 Å². The fourth-order valence-corrected chi connectivity index (χ4v) is 4.28. The van der Waals surface area contributed by atoms with E-state index in [1.165, 1.54) is 16.8 Å². The van der Waals surface area contributed by atoms with E-state index >= 15 is 0 Å². The van der Waals surface area contributed by atoms with Crippen LogP contribution in [-0.2, 0) is 17.7 Å². The molecule has 2 aliphatic rings. The average Bonchev–Trinajstić information content (AvgIpc) is 2.73. The summed E-state index contributed by atoms with van der Waals surface area (Å²) in [5.41, 5.74) is -0.627. The van der Waals surface area contributed by atoms with Gasteiger partial charge in [0.25, 0.3) is 5.91 Å². The van der Waals surface area contributed by atoms with Crippen molar-refractivity contribution in [1.29, 1.82) is 0 Å². The maximum Gasteiger partial charge on any atom is 0.276 e. The lowest BCUT2D eigenvalue weighted by molar-refractivity contribution is -0.112. The number of ether oxygens (including phenoxy) is 1. The summed E-state index contributed by atoms with van der Waals surface area (Å²) in [5.74, 6) is -2.62. The van der Waals surface area contributed by atoms with Crippen LogP contribution in [0.15, 0.2) is 29.2 Å². The Bertz CT molecular complexity index is 1120. The molecule has 0 aliphatic carbocycles. The summed E-state index contributed by atoms with van der Waals surface area (Å²) in [6.45, 7) is 2.67. The van der Waals surface area contributed by atoms with Gasteiger partial charge in [0.05, 0.1) is 28.2 Å². The first-order valence-electron chi connectivity index (χ1n) is 9.87. The molecule has 10 heteroatoms. The Kier molecular flexibility index (Phi) is 5.90. The van der Waals surface area contributed by atoms with Crippen LogP contribution < -0.4 is 9.95 Å². The van der Waals surface area contributed by atoms with Gasteiger partial charge in [0, 0.05) is 24.7 Å². The molecule has 31 heavy (non-hydrogen) atoms. The number of hydrogen-bond acceptors (Lipinski definition) is 5. The van der Waals surface area contributed by atoms with Crippen LogP contribution >= 0.6 is 9.47 Å². The van der Waals surface area contributed by atoms with Gasteiger partial charge >= 0.3 is 0 Å². The van der Waals surface area contributed by atoms with Crippen molar-refractivity contribution in [3.05, 3.63) is 63.1 Å². The van der Waals surface area contributed by atoms with Gasteiger partial charge in [0.1, 0.15) is 11.6 Å². The van der Waals surface area contributed by atoms with E-state index in [1.54, 1.807) is 4.90 Å². The van der Waals surface area contributed by atoms with Gasteiger partial charge in [-0.15, -0.1) is 0 Å². The van der Waals surface area contributed by atoms with Gasteiger partial charge < -0.3 is 18.7 Å². The van der Waals surface area contributed by atoms with E-state index in [-0.39, 0.29) is 48.0 Å². The SMILES string of the molecule is C[C@@H]1CCOC2Cn3cc(C(=O)CCc4ccc(F)cc4F)c(=O)c(OP)c3C(=O)N21. The molecule has 1 aromatic heterocycles. The van der Waals surface area contributed by atoms with Crippen LogP contribution in [0.3, 0.4) is 0 Å². The summed E-state index contributed by atoms with van der Waals surface area (Å²) < 4.78 is 39.3. The van der Waals surface area contributed by atoms with E-state index in [1.807, 2.05) is 16.4 Å². The molecule has 4 rings (SSSR count). The fourth-order valence-electron chi connectivity index (χ4n) is 4.06. The first-order chi connectivity index (χ1) is 14.8. The van der Waals surface area contributed by atoms with Crippen molar-refractivity contribution in [3.8, 4) is 5.75 Å². The van der Waals surface area contributed by atoms with Gasteiger partial charge in [-0.25, -0.2) is 8.78 Å². The third kappa shape index (κ3) is 3.88. The summed E-state index contributed by atoms with van der Waals surface area (Å²) in [6, 6.07) is 3.07. The van der Waals surface area contributed by atoms with Gasteiger partial charge in [-0.2, -0.15) is 0 Å². The predicted octanol–water partition coefficient (Wildman–Crippen LogP) is 2.70. The lowest BCUT2D eigenvalue weighted by Gasteiger charge is -2.44. The molecule has 2 unspecified atom stereocenters. The van der Waals surface area contributed by atoms with Gasteiger partial charge in [-0.05, 0) is 31.4 Å². The lowest BCUT2D eigenvalue weighted by Crippen LogP contribution is -2.57. The normalized spacial score (nSPS) is 20.3. The third-order valence-corrected chi connectivity index (χ3v) is 5.95. The predicted molar refractivity (Wildman–Crippen MR) is 110 cm³/mol. The third-order valence-electron chi connectivity index (χ3n) is 5.71.